The van der Waals surface area contributed by atoms with Crippen LogP contribution in [0.5, 0.6) is 17.2 Å². The second-order valence-electron chi connectivity index (χ2n) is 5.95. The Morgan fingerprint density at radius 2 is 1.77 bits per heavy atom. The molecule has 0 aliphatic carbocycles. The van der Waals surface area contributed by atoms with Crippen LogP contribution in [0.3, 0.4) is 0 Å². The van der Waals surface area contributed by atoms with Crippen LogP contribution in [0.15, 0.2) is 41.5 Å². The summed E-state index contributed by atoms with van der Waals surface area (Å²) in [7, 11) is 4.55. The number of ether oxygens (including phenoxy) is 3. The zero-order valence-electron chi connectivity index (χ0n) is 16.3. The highest BCUT2D eigenvalue weighted by Gasteiger charge is 2.14. The van der Waals surface area contributed by atoms with Crippen LogP contribution >= 0.6 is 23.2 Å². The Labute approximate surface area is 182 Å². The number of carbonyl (C=O) groups excluding carboxylic acids is 1. The van der Waals surface area contributed by atoms with Gasteiger partial charge in [-0.05, 0) is 36.4 Å². The summed E-state index contributed by atoms with van der Waals surface area (Å²) in [6, 6.07) is 10.00. The van der Waals surface area contributed by atoms with Gasteiger partial charge < -0.3 is 14.2 Å². The van der Waals surface area contributed by atoms with Crippen molar-refractivity contribution in [2.24, 2.45) is 5.10 Å². The Morgan fingerprint density at radius 1 is 1.07 bits per heavy atom. The zero-order valence-corrected chi connectivity index (χ0v) is 17.8. The second-order valence-corrected chi connectivity index (χ2v) is 6.79. The first-order valence-corrected chi connectivity index (χ1v) is 9.36. The smallest absolute Gasteiger partial charge is 0.289 e. The molecule has 1 aromatic heterocycles. The quantitative estimate of drug-likeness (QED) is 0.417. The molecule has 1 amide bonds. The predicted molar refractivity (Wildman–Crippen MR) is 115 cm³/mol. The molecule has 3 aromatic rings. The van der Waals surface area contributed by atoms with Gasteiger partial charge in [0, 0.05) is 16.1 Å². The van der Waals surface area contributed by atoms with E-state index in [1.807, 2.05) is 0 Å². The first-order valence-electron chi connectivity index (χ1n) is 8.61. The van der Waals surface area contributed by atoms with Crippen molar-refractivity contribution in [3.05, 3.63) is 57.7 Å². The van der Waals surface area contributed by atoms with Crippen LogP contribution in [0.25, 0.3) is 11.3 Å². The molecule has 0 radical (unpaired) electrons. The lowest BCUT2D eigenvalue weighted by molar-refractivity contribution is 0.0950. The number of nitrogens with zero attached hydrogens (tertiary/aromatic N) is 2. The minimum Gasteiger partial charge on any atom is -0.493 e. The van der Waals surface area contributed by atoms with Gasteiger partial charge in [-0.2, -0.15) is 10.2 Å². The van der Waals surface area contributed by atoms with Crippen molar-refractivity contribution >= 4 is 35.3 Å². The SMILES string of the molecule is COc1cc(C=NNC(=O)c2cc(-c3ccc(Cl)cc3Cl)n[nH]2)cc(OC)c1OC. The highest BCUT2D eigenvalue weighted by atomic mass is 35.5. The molecule has 156 valence electrons. The first kappa shape index (κ1) is 21.5. The number of hydrazone groups is 1. The molecule has 0 spiro atoms. The lowest BCUT2D eigenvalue weighted by Gasteiger charge is -2.12. The molecule has 8 nitrogen and oxygen atoms in total. The van der Waals surface area contributed by atoms with Gasteiger partial charge in [-0.1, -0.05) is 23.2 Å². The fourth-order valence-corrected chi connectivity index (χ4v) is 3.18. The number of hydrogen-bond acceptors (Lipinski definition) is 6. The number of hydrogen-bond donors (Lipinski definition) is 2. The maximum Gasteiger partial charge on any atom is 0.289 e. The number of methoxy groups -OCH3 is 3. The molecule has 30 heavy (non-hydrogen) atoms. The predicted octanol–water partition coefficient (Wildman–Crippen LogP) is 4.17. The van der Waals surface area contributed by atoms with Crippen molar-refractivity contribution in [2.75, 3.05) is 21.3 Å². The van der Waals surface area contributed by atoms with Gasteiger partial charge in [-0.15, -0.1) is 0 Å². The van der Waals surface area contributed by atoms with Crippen molar-refractivity contribution in [1.82, 2.24) is 15.6 Å². The van der Waals surface area contributed by atoms with Crippen molar-refractivity contribution in [3.63, 3.8) is 0 Å². The lowest BCUT2D eigenvalue weighted by atomic mass is 10.1. The largest absolute Gasteiger partial charge is 0.493 e. The molecule has 0 fully saturated rings. The fraction of sp³-hybridized carbons (Fsp3) is 0.150. The molecule has 3 rings (SSSR count). The average molecular weight is 449 g/mol. The molecule has 0 aliphatic heterocycles. The number of amides is 1. The third-order valence-corrected chi connectivity index (χ3v) is 4.64. The van der Waals surface area contributed by atoms with E-state index in [4.69, 9.17) is 37.4 Å². The third kappa shape index (κ3) is 4.67. The van der Waals surface area contributed by atoms with Crippen LogP contribution in [0.2, 0.25) is 10.0 Å². The number of carbonyl (C=O) groups is 1. The summed E-state index contributed by atoms with van der Waals surface area (Å²) in [5.41, 5.74) is 4.45. The van der Waals surface area contributed by atoms with Gasteiger partial charge in [0.1, 0.15) is 5.69 Å². The van der Waals surface area contributed by atoms with E-state index in [1.54, 1.807) is 36.4 Å². The van der Waals surface area contributed by atoms with Crippen molar-refractivity contribution in [3.8, 4) is 28.5 Å². The normalized spacial score (nSPS) is 10.8. The molecule has 0 unspecified atom stereocenters. The monoisotopic (exact) mass is 448 g/mol. The highest BCUT2D eigenvalue weighted by Crippen LogP contribution is 2.37. The standard InChI is InChI=1S/C20H18Cl2N4O4/c1-28-17-6-11(7-18(29-2)19(17)30-3)10-23-26-20(27)16-9-15(24-25-16)13-5-4-12(21)8-14(13)22/h4-10H,1-3H3,(H,24,25)(H,26,27). The summed E-state index contributed by atoms with van der Waals surface area (Å²) in [5, 5.41) is 11.7. The van der Waals surface area contributed by atoms with Gasteiger partial charge in [0.05, 0.1) is 38.3 Å². The summed E-state index contributed by atoms with van der Waals surface area (Å²) in [5.74, 6) is 0.944. The maximum absolute atomic E-state index is 12.3. The molecule has 10 heteroatoms. The summed E-state index contributed by atoms with van der Waals surface area (Å²) in [4.78, 5) is 12.3. The molecule has 1 heterocycles. The minimum absolute atomic E-state index is 0.220. The number of benzene rings is 2. The van der Waals surface area contributed by atoms with Gasteiger partial charge in [-0.25, -0.2) is 5.43 Å². The van der Waals surface area contributed by atoms with E-state index >= 15 is 0 Å². The summed E-state index contributed by atoms with van der Waals surface area (Å²) >= 11 is 12.1. The van der Waals surface area contributed by atoms with Crippen molar-refractivity contribution in [2.45, 2.75) is 0 Å². The van der Waals surface area contributed by atoms with Crippen LogP contribution in [0, 0.1) is 0 Å². The summed E-state index contributed by atoms with van der Waals surface area (Å²) < 4.78 is 15.9. The Hall–Kier alpha value is -3.23. The molecule has 0 atom stereocenters. The highest BCUT2D eigenvalue weighted by molar-refractivity contribution is 6.36. The second kappa shape index (κ2) is 9.51. The van der Waals surface area contributed by atoms with Crippen LogP contribution in [-0.2, 0) is 0 Å². The Balaban J connectivity index is 1.73. The number of halogens is 2. The molecule has 2 aromatic carbocycles. The van der Waals surface area contributed by atoms with E-state index in [0.29, 0.717) is 44.1 Å². The van der Waals surface area contributed by atoms with E-state index in [0.717, 1.165) is 0 Å². The molecular weight excluding hydrogens is 431 g/mol. The van der Waals surface area contributed by atoms with Gasteiger partial charge >= 0.3 is 0 Å². The van der Waals surface area contributed by atoms with Crippen LogP contribution in [0.4, 0.5) is 0 Å². The van der Waals surface area contributed by atoms with E-state index in [2.05, 4.69) is 20.7 Å². The van der Waals surface area contributed by atoms with Gasteiger partial charge in [-0.3, -0.25) is 9.89 Å². The summed E-state index contributed by atoms with van der Waals surface area (Å²) in [6.45, 7) is 0. The molecule has 2 N–H and O–H groups in total. The van der Waals surface area contributed by atoms with Crippen LogP contribution < -0.4 is 19.6 Å². The number of aromatic nitrogens is 2. The molecule has 0 saturated heterocycles. The van der Waals surface area contributed by atoms with E-state index in [-0.39, 0.29) is 5.69 Å². The number of H-pyrrole nitrogens is 1. The summed E-state index contributed by atoms with van der Waals surface area (Å²) in [6.07, 6.45) is 1.45. The lowest BCUT2D eigenvalue weighted by Crippen LogP contribution is -2.18. The third-order valence-electron chi connectivity index (χ3n) is 4.10. The number of aromatic amines is 1. The fourth-order valence-electron chi connectivity index (χ4n) is 2.67. The van der Waals surface area contributed by atoms with Crippen LogP contribution in [0.1, 0.15) is 16.1 Å². The van der Waals surface area contributed by atoms with Gasteiger partial charge in [0.15, 0.2) is 11.5 Å². The van der Waals surface area contributed by atoms with E-state index in [1.165, 1.54) is 27.5 Å². The molecule has 0 aliphatic rings. The van der Waals surface area contributed by atoms with Gasteiger partial charge in [0.2, 0.25) is 5.75 Å². The first-order chi connectivity index (χ1) is 14.5. The minimum atomic E-state index is -0.470. The Morgan fingerprint density at radius 3 is 2.37 bits per heavy atom. The molecular formula is C20H18Cl2N4O4. The Bertz CT molecular complexity index is 1070. The maximum atomic E-state index is 12.3. The van der Waals surface area contributed by atoms with Crippen molar-refractivity contribution in [1.29, 1.82) is 0 Å². The van der Waals surface area contributed by atoms with Crippen molar-refractivity contribution < 1.29 is 19.0 Å². The average Bonchev–Trinajstić information content (AvgIpc) is 3.22. The van der Waals surface area contributed by atoms with Gasteiger partial charge in [0.25, 0.3) is 5.91 Å². The van der Waals surface area contributed by atoms with E-state index in [9.17, 15) is 4.79 Å². The topological polar surface area (TPSA) is 97.8 Å². The van der Waals surface area contributed by atoms with E-state index < -0.39 is 5.91 Å². The number of rotatable bonds is 7. The van der Waals surface area contributed by atoms with Crippen LogP contribution in [-0.4, -0.2) is 43.6 Å². The molecule has 0 bridgehead atoms. The molecule has 0 saturated carbocycles. The Kier molecular flexibility index (Phi) is 6.81. The number of nitrogens with one attached hydrogen (secondary N) is 2. The zero-order chi connectivity index (χ0) is 21.7.